The quantitative estimate of drug-likeness (QED) is 0.550. The summed E-state index contributed by atoms with van der Waals surface area (Å²) in [6.07, 6.45) is 0. The predicted molar refractivity (Wildman–Crippen MR) is 68.2 cm³/mol. The molecule has 0 radical (unpaired) electrons. The molecule has 5 nitrogen and oxygen atoms in total. The molecule has 18 heavy (non-hydrogen) atoms. The molecule has 0 aliphatic carbocycles. The number of phenols is 1. The molecule has 0 saturated heterocycles. The third kappa shape index (κ3) is 3.96. The van der Waals surface area contributed by atoms with Gasteiger partial charge in [0.1, 0.15) is 5.75 Å². The highest BCUT2D eigenvalue weighted by molar-refractivity contribution is 5.43. The molecule has 1 aromatic rings. The number of aliphatic hydroxyl groups excluding tert-OH is 3. The van der Waals surface area contributed by atoms with Crippen LogP contribution in [0.3, 0.4) is 0 Å². The summed E-state index contributed by atoms with van der Waals surface area (Å²) in [5.74, 6) is 0.0870. The van der Waals surface area contributed by atoms with E-state index < -0.39 is 0 Å². The van der Waals surface area contributed by atoms with Crippen LogP contribution >= 0.6 is 0 Å². The lowest BCUT2D eigenvalue weighted by atomic mass is 10.0. The third-order valence-corrected chi connectivity index (χ3v) is 2.81. The average Bonchev–Trinajstić information content (AvgIpc) is 2.34. The lowest BCUT2D eigenvalue weighted by Crippen LogP contribution is -2.29. The number of benzene rings is 1. The first kappa shape index (κ1) is 14.9. The van der Waals surface area contributed by atoms with Gasteiger partial charge < -0.3 is 20.4 Å². The SMILES string of the molecule is Cc1cc(CO)c(O)c(CN(CCO)CCO)c1. The molecule has 1 rings (SSSR count). The second-order valence-corrected chi connectivity index (χ2v) is 4.31. The van der Waals surface area contributed by atoms with Gasteiger partial charge in [0.05, 0.1) is 19.8 Å². The van der Waals surface area contributed by atoms with Crippen molar-refractivity contribution in [2.24, 2.45) is 0 Å². The number of aliphatic hydroxyl groups is 3. The fourth-order valence-electron chi connectivity index (χ4n) is 1.97. The Bertz CT molecular complexity index is 375. The fourth-order valence-corrected chi connectivity index (χ4v) is 1.97. The Morgan fingerprint density at radius 2 is 1.56 bits per heavy atom. The number of aryl methyl sites for hydroxylation is 1. The van der Waals surface area contributed by atoms with Crippen molar-refractivity contribution in [2.45, 2.75) is 20.1 Å². The van der Waals surface area contributed by atoms with Gasteiger partial charge in [0.2, 0.25) is 0 Å². The molecule has 0 heterocycles. The smallest absolute Gasteiger partial charge is 0.125 e. The van der Waals surface area contributed by atoms with E-state index in [-0.39, 0.29) is 25.6 Å². The summed E-state index contributed by atoms with van der Waals surface area (Å²) in [5, 5.41) is 37.0. The highest BCUT2D eigenvalue weighted by Crippen LogP contribution is 2.25. The topological polar surface area (TPSA) is 84.2 Å². The molecule has 1 aromatic carbocycles. The van der Waals surface area contributed by atoms with E-state index in [1.54, 1.807) is 6.07 Å². The van der Waals surface area contributed by atoms with Crippen LogP contribution in [-0.4, -0.2) is 51.6 Å². The van der Waals surface area contributed by atoms with Crippen LogP contribution in [0.5, 0.6) is 5.75 Å². The van der Waals surface area contributed by atoms with Crippen molar-refractivity contribution >= 4 is 0 Å². The maximum Gasteiger partial charge on any atom is 0.125 e. The molecule has 0 spiro atoms. The first-order chi connectivity index (χ1) is 8.62. The van der Waals surface area contributed by atoms with Gasteiger partial charge >= 0.3 is 0 Å². The van der Waals surface area contributed by atoms with Gasteiger partial charge in [-0.1, -0.05) is 17.7 Å². The average molecular weight is 255 g/mol. The molecular weight excluding hydrogens is 234 g/mol. The van der Waals surface area contributed by atoms with E-state index in [0.717, 1.165) is 5.56 Å². The molecule has 0 bridgehead atoms. The maximum absolute atomic E-state index is 9.99. The standard InChI is InChI=1S/C13H21NO4/c1-10-6-11(13(18)12(7-10)9-17)8-14(2-4-15)3-5-16/h6-7,15-18H,2-5,8-9H2,1H3. The lowest BCUT2D eigenvalue weighted by molar-refractivity contribution is 0.154. The molecule has 0 fully saturated rings. The van der Waals surface area contributed by atoms with E-state index in [9.17, 15) is 5.11 Å². The molecule has 102 valence electrons. The first-order valence-corrected chi connectivity index (χ1v) is 5.98. The zero-order valence-electron chi connectivity index (χ0n) is 10.6. The lowest BCUT2D eigenvalue weighted by Gasteiger charge is -2.21. The van der Waals surface area contributed by atoms with E-state index in [1.807, 2.05) is 17.9 Å². The van der Waals surface area contributed by atoms with Gasteiger partial charge in [-0.15, -0.1) is 0 Å². The second kappa shape index (κ2) is 7.33. The molecule has 4 N–H and O–H groups in total. The third-order valence-electron chi connectivity index (χ3n) is 2.81. The predicted octanol–water partition coefficient (Wildman–Crippen LogP) is -0.0205. The van der Waals surface area contributed by atoms with Crippen molar-refractivity contribution in [2.75, 3.05) is 26.3 Å². The zero-order chi connectivity index (χ0) is 13.5. The van der Waals surface area contributed by atoms with E-state index >= 15 is 0 Å². The highest BCUT2D eigenvalue weighted by atomic mass is 16.3. The normalized spacial score (nSPS) is 11.2. The summed E-state index contributed by atoms with van der Waals surface area (Å²) in [7, 11) is 0. The Morgan fingerprint density at radius 1 is 1.00 bits per heavy atom. The van der Waals surface area contributed by atoms with Gasteiger partial charge in [0.25, 0.3) is 0 Å². The Balaban J connectivity index is 2.90. The van der Waals surface area contributed by atoms with Gasteiger partial charge in [-0.2, -0.15) is 0 Å². The number of nitrogens with zero attached hydrogens (tertiary/aromatic N) is 1. The minimum Gasteiger partial charge on any atom is -0.507 e. The largest absolute Gasteiger partial charge is 0.507 e. The van der Waals surface area contributed by atoms with Crippen molar-refractivity contribution in [1.82, 2.24) is 4.90 Å². The van der Waals surface area contributed by atoms with E-state index in [1.165, 1.54) is 0 Å². The Hall–Kier alpha value is -1.14. The Morgan fingerprint density at radius 3 is 2.06 bits per heavy atom. The molecule has 0 unspecified atom stereocenters. The number of aromatic hydroxyl groups is 1. The van der Waals surface area contributed by atoms with Crippen LogP contribution in [0, 0.1) is 6.92 Å². The second-order valence-electron chi connectivity index (χ2n) is 4.31. The van der Waals surface area contributed by atoms with Crippen LogP contribution in [0.15, 0.2) is 12.1 Å². The van der Waals surface area contributed by atoms with Crippen molar-refractivity contribution < 1.29 is 20.4 Å². The molecule has 0 atom stereocenters. The molecule has 0 aliphatic heterocycles. The van der Waals surface area contributed by atoms with Gasteiger partial charge in [0, 0.05) is 30.8 Å². The molecule has 0 aliphatic rings. The highest BCUT2D eigenvalue weighted by Gasteiger charge is 2.12. The summed E-state index contributed by atoms with van der Waals surface area (Å²) >= 11 is 0. The van der Waals surface area contributed by atoms with Crippen LogP contribution in [0.4, 0.5) is 0 Å². The van der Waals surface area contributed by atoms with Crippen LogP contribution in [0.1, 0.15) is 16.7 Å². The Labute approximate surface area is 107 Å². The number of hydrogen-bond acceptors (Lipinski definition) is 5. The van der Waals surface area contributed by atoms with E-state index in [0.29, 0.717) is 30.8 Å². The van der Waals surface area contributed by atoms with Crippen LogP contribution < -0.4 is 0 Å². The van der Waals surface area contributed by atoms with Gasteiger partial charge in [-0.3, -0.25) is 4.90 Å². The molecule has 5 heteroatoms. The van der Waals surface area contributed by atoms with E-state index in [4.69, 9.17) is 15.3 Å². The minimum atomic E-state index is -0.208. The van der Waals surface area contributed by atoms with Crippen molar-refractivity contribution in [3.8, 4) is 5.75 Å². The fraction of sp³-hybridized carbons (Fsp3) is 0.538. The van der Waals surface area contributed by atoms with Crippen molar-refractivity contribution in [3.05, 3.63) is 28.8 Å². The van der Waals surface area contributed by atoms with Crippen molar-refractivity contribution in [3.63, 3.8) is 0 Å². The summed E-state index contributed by atoms with van der Waals surface area (Å²) in [6, 6.07) is 3.58. The minimum absolute atomic E-state index is 0.000561. The van der Waals surface area contributed by atoms with Crippen molar-refractivity contribution in [1.29, 1.82) is 0 Å². The molecule has 0 aromatic heterocycles. The summed E-state index contributed by atoms with van der Waals surface area (Å²) in [5.41, 5.74) is 2.15. The van der Waals surface area contributed by atoms with Crippen LogP contribution in [0.25, 0.3) is 0 Å². The van der Waals surface area contributed by atoms with Gasteiger partial charge in [-0.25, -0.2) is 0 Å². The first-order valence-electron chi connectivity index (χ1n) is 5.98. The number of hydrogen-bond donors (Lipinski definition) is 4. The van der Waals surface area contributed by atoms with Gasteiger partial charge in [0.15, 0.2) is 0 Å². The zero-order valence-corrected chi connectivity index (χ0v) is 10.6. The molecular formula is C13H21NO4. The van der Waals surface area contributed by atoms with E-state index in [2.05, 4.69) is 0 Å². The maximum atomic E-state index is 9.99. The summed E-state index contributed by atoms with van der Waals surface area (Å²) < 4.78 is 0. The summed E-state index contributed by atoms with van der Waals surface area (Å²) in [6.45, 7) is 2.98. The van der Waals surface area contributed by atoms with Crippen LogP contribution in [-0.2, 0) is 13.2 Å². The summed E-state index contributed by atoms with van der Waals surface area (Å²) in [4.78, 5) is 1.84. The van der Waals surface area contributed by atoms with Gasteiger partial charge in [-0.05, 0) is 6.92 Å². The monoisotopic (exact) mass is 255 g/mol. The molecule has 0 saturated carbocycles. The Kier molecular flexibility index (Phi) is 6.07. The van der Waals surface area contributed by atoms with Crippen LogP contribution in [0.2, 0.25) is 0 Å². The number of rotatable bonds is 7. The molecule has 0 amide bonds.